The maximum Gasteiger partial charge on any atom is 0.318 e. The molecule has 0 saturated heterocycles. The standard InChI is InChI=1S/C15H13N5O3/c16-8-10-4-3-7-18-14(10)23-12-6-2-1-5-11(12)19-9-13(21)20-15(17)22/h1-7,19H,9H2,(H3,17,20,21,22). The zero-order valence-corrected chi connectivity index (χ0v) is 11.9. The second-order valence-corrected chi connectivity index (χ2v) is 4.33. The molecule has 0 aliphatic carbocycles. The van der Waals surface area contributed by atoms with E-state index >= 15 is 0 Å². The van der Waals surface area contributed by atoms with Crippen LogP contribution in [0.15, 0.2) is 42.6 Å². The van der Waals surface area contributed by atoms with E-state index in [1.54, 1.807) is 36.4 Å². The molecule has 116 valence electrons. The minimum atomic E-state index is -0.923. The molecular formula is C15H13N5O3. The highest BCUT2D eigenvalue weighted by Crippen LogP contribution is 2.29. The predicted octanol–water partition coefficient (Wildman–Crippen LogP) is 1.35. The Labute approximate surface area is 131 Å². The van der Waals surface area contributed by atoms with Crippen LogP contribution in [0.2, 0.25) is 0 Å². The van der Waals surface area contributed by atoms with Crippen LogP contribution in [0.3, 0.4) is 0 Å². The molecule has 1 heterocycles. The largest absolute Gasteiger partial charge is 0.436 e. The van der Waals surface area contributed by atoms with Crippen molar-refractivity contribution in [1.29, 1.82) is 5.26 Å². The predicted molar refractivity (Wildman–Crippen MR) is 81.7 cm³/mol. The first-order valence-corrected chi connectivity index (χ1v) is 6.55. The summed E-state index contributed by atoms with van der Waals surface area (Å²) in [5, 5.41) is 13.8. The number of benzene rings is 1. The molecule has 1 aromatic carbocycles. The van der Waals surface area contributed by atoms with Crippen LogP contribution in [-0.4, -0.2) is 23.5 Å². The third-order valence-corrected chi connectivity index (χ3v) is 2.69. The van der Waals surface area contributed by atoms with Gasteiger partial charge in [0.05, 0.1) is 12.2 Å². The van der Waals surface area contributed by atoms with Gasteiger partial charge in [-0.1, -0.05) is 12.1 Å². The summed E-state index contributed by atoms with van der Waals surface area (Å²) in [6, 6.07) is 11.1. The number of carbonyl (C=O) groups excluding carboxylic acids is 2. The van der Waals surface area contributed by atoms with Crippen molar-refractivity contribution in [3.05, 3.63) is 48.2 Å². The highest BCUT2D eigenvalue weighted by Gasteiger charge is 2.10. The molecule has 0 fully saturated rings. The number of amides is 3. The zero-order valence-electron chi connectivity index (χ0n) is 11.9. The van der Waals surface area contributed by atoms with Gasteiger partial charge in [0.25, 0.3) is 0 Å². The van der Waals surface area contributed by atoms with Crippen molar-refractivity contribution in [2.24, 2.45) is 5.73 Å². The molecule has 3 amide bonds. The molecule has 0 bridgehead atoms. The first-order chi connectivity index (χ1) is 11.1. The van der Waals surface area contributed by atoms with Crippen molar-refractivity contribution in [1.82, 2.24) is 10.3 Å². The maximum atomic E-state index is 11.4. The Morgan fingerprint density at radius 1 is 1.26 bits per heavy atom. The van der Waals surface area contributed by atoms with E-state index in [0.29, 0.717) is 11.4 Å². The van der Waals surface area contributed by atoms with Crippen molar-refractivity contribution in [3.8, 4) is 17.7 Å². The van der Waals surface area contributed by atoms with Crippen LogP contribution in [0, 0.1) is 11.3 Å². The number of rotatable bonds is 5. The first kappa shape index (κ1) is 15.8. The van der Waals surface area contributed by atoms with Crippen LogP contribution in [-0.2, 0) is 4.79 Å². The monoisotopic (exact) mass is 311 g/mol. The highest BCUT2D eigenvalue weighted by molar-refractivity contribution is 5.95. The van der Waals surface area contributed by atoms with Crippen LogP contribution >= 0.6 is 0 Å². The number of aromatic nitrogens is 1. The number of anilines is 1. The summed E-state index contributed by atoms with van der Waals surface area (Å²) < 4.78 is 5.63. The molecule has 0 aliphatic rings. The van der Waals surface area contributed by atoms with Gasteiger partial charge in [-0.05, 0) is 24.3 Å². The summed E-state index contributed by atoms with van der Waals surface area (Å²) in [5.74, 6) is -0.0386. The van der Waals surface area contributed by atoms with E-state index in [4.69, 9.17) is 15.7 Å². The van der Waals surface area contributed by atoms with Gasteiger partial charge < -0.3 is 15.8 Å². The molecule has 1 aromatic heterocycles. The maximum absolute atomic E-state index is 11.4. The summed E-state index contributed by atoms with van der Waals surface area (Å²) in [6.07, 6.45) is 1.51. The van der Waals surface area contributed by atoms with Crippen molar-refractivity contribution in [2.45, 2.75) is 0 Å². The van der Waals surface area contributed by atoms with Gasteiger partial charge in [0.15, 0.2) is 5.75 Å². The quantitative estimate of drug-likeness (QED) is 0.764. The van der Waals surface area contributed by atoms with Crippen molar-refractivity contribution < 1.29 is 14.3 Å². The molecule has 0 atom stereocenters. The molecule has 0 aliphatic heterocycles. The second kappa shape index (κ2) is 7.42. The van der Waals surface area contributed by atoms with Crippen LogP contribution < -0.4 is 21.1 Å². The second-order valence-electron chi connectivity index (χ2n) is 4.33. The Kier molecular flexibility index (Phi) is 5.09. The van der Waals surface area contributed by atoms with Crippen molar-refractivity contribution in [2.75, 3.05) is 11.9 Å². The molecule has 2 rings (SSSR count). The Balaban J connectivity index is 2.13. The van der Waals surface area contributed by atoms with Crippen molar-refractivity contribution >= 4 is 17.6 Å². The third-order valence-electron chi connectivity index (χ3n) is 2.69. The Morgan fingerprint density at radius 2 is 2.04 bits per heavy atom. The Bertz CT molecular complexity index is 770. The molecule has 2 aromatic rings. The lowest BCUT2D eigenvalue weighted by Gasteiger charge is -2.12. The highest BCUT2D eigenvalue weighted by atomic mass is 16.5. The summed E-state index contributed by atoms with van der Waals surface area (Å²) >= 11 is 0. The smallest absolute Gasteiger partial charge is 0.318 e. The molecule has 0 radical (unpaired) electrons. The number of imide groups is 1. The average molecular weight is 311 g/mol. The molecule has 0 unspecified atom stereocenters. The van der Waals surface area contributed by atoms with Crippen molar-refractivity contribution in [3.63, 3.8) is 0 Å². The number of pyridine rings is 1. The van der Waals surface area contributed by atoms with E-state index in [1.807, 2.05) is 11.4 Å². The van der Waals surface area contributed by atoms with Crippen LogP contribution in [0.4, 0.5) is 10.5 Å². The fourth-order valence-electron chi connectivity index (χ4n) is 1.72. The van der Waals surface area contributed by atoms with Gasteiger partial charge in [-0.2, -0.15) is 5.26 Å². The molecular weight excluding hydrogens is 298 g/mol. The lowest BCUT2D eigenvalue weighted by molar-refractivity contribution is -0.118. The van der Waals surface area contributed by atoms with E-state index < -0.39 is 11.9 Å². The van der Waals surface area contributed by atoms with Gasteiger partial charge >= 0.3 is 6.03 Å². The van der Waals surface area contributed by atoms with E-state index in [0.717, 1.165) is 0 Å². The molecule has 0 spiro atoms. The topological polar surface area (TPSA) is 130 Å². The van der Waals surface area contributed by atoms with Gasteiger partial charge in [-0.3, -0.25) is 10.1 Å². The number of ether oxygens (including phenoxy) is 1. The van der Waals surface area contributed by atoms with Crippen LogP contribution in [0.5, 0.6) is 11.6 Å². The van der Waals surface area contributed by atoms with E-state index in [-0.39, 0.29) is 18.0 Å². The molecule has 0 saturated carbocycles. The van der Waals surface area contributed by atoms with Gasteiger partial charge in [-0.15, -0.1) is 0 Å². The van der Waals surface area contributed by atoms with E-state index in [9.17, 15) is 9.59 Å². The molecule has 8 heteroatoms. The number of carbonyl (C=O) groups is 2. The van der Waals surface area contributed by atoms with Gasteiger partial charge in [0, 0.05) is 6.20 Å². The number of para-hydroxylation sites is 2. The third kappa shape index (κ3) is 4.44. The number of nitriles is 1. The van der Waals surface area contributed by atoms with E-state index in [1.165, 1.54) is 6.20 Å². The minimum Gasteiger partial charge on any atom is -0.436 e. The summed E-state index contributed by atoms with van der Waals surface area (Å²) in [4.78, 5) is 26.0. The first-order valence-electron chi connectivity index (χ1n) is 6.55. The van der Waals surface area contributed by atoms with Crippen LogP contribution in [0.1, 0.15) is 5.56 Å². The lowest BCUT2D eigenvalue weighted by atomic mass is 10.2. The number of hydrogen-bond acceptors (Lipinski definition) is 6. The Hall–Kier alpha value is -3.60. The van der Waals surface area contributed by atoms with Crippen LogP contribution in [0.25, 0.3) is 0 Å². The molecule has 8 nitrogen and oxygen atoms in total. The fraction of sp³-hybridized carbons (Fsp3) is 0.0667. The number of nitrogens with two attached hydrogens (primary N) is 1. The van der Waals surface area contributed by atoms with E-state index in [2.05, 4.69) is 10.3 Å². The summed E-state index contributed by atoms with van der Waals surface area (Å²) in [6.45, 7) is -0.170. The normalized spacial score (nSPS) is 9.52. The van der Waals surface area contributed by atoms with Gasteiger partial charge in [0.2, 0.25) is 11.8 Å². The number of urea groups is 1. The average Bonchev–Trinajstić information content (AvgIpc) is 2.54. The minimum absolute atomic E-state index is 0.158. The SMILES string of the molecule is N#Cc1cccnc1Oc1ccccc1NCC(=O)NC(N)=O. The van der Waals surface area contributed by atoms with Gasteiger partial charge in [0.1, 0.15) is 11.6 Å². The lowest BCUT2D eigenvalue weighted by Crippen LogP contribution is -2.38. The summed E-state index contributed by atoms with van der Waals surface area (Å²) in [5.41, 5.74) is 5.65. The summed E-state index contributed by atoms with van der Waals surface area (Å²) in [7, 11) is 0. The Morgan fingerprint density at radius 3 is 2.78 bits per heavy atom. The number of nitrogens with one attached hydrogen (secondary N) is 2. The zero-order chi connectivity index (χ0) is 16.7. The van der Waals surface area contributed by atoms with Gasteiger partial charge in [-0.25, -0.2) is 9.78 Å². The number of hydrogen-bond donors (Lipinski definition) is 3. The molecule has 23 heavy (non-hydrogen) atoms. The molecule has 4 N–H and O–H groups in total. The number of nitrogens with zero attached hydrogens (tertiary/aromatic N) is 2. The number of primary amides is 1. The fourth-order valence-corrected chi connectivity index (χ4v) is 1.72.